The quantitative estimate of drug-likeness (QED) is 0.866. The molecule has 2 N–H and O–H groups in total. The van der Waals surface area contributed by atoms with Crippen molar-refractivity contribution in [3.05, 3.63) is 65.5 Å². The number of carbonyl (C=O) groups excluding carboxylic acids is 3. The Bertz CT molecular complexity index is 867. The molecule has 1 heterocycles. The van der Waals surface area contributed by atoms with Crippen molar-refractivity contribution < 1.29 is 18.8 Å². The highest BCUT2D eigenvalue weighted by Gasteiger charge is 2.35. The standard InChI is InChI=1S/C20H20FN3O3/c1-13-3-2-4-14(11-13)20(27)24-10-9-22-19(26)17(24)12-18(25)23-16-7-5-15(21)6-8-16/h2-8,11,17H,9-10,12H2,1H3,(H,22,26)(H,23,25)/t17-/m1/s1. The Morgan fingerprint density at radius 2 is 1.96 bits per heavy atom. The number of aryl methyl sites for hydroxylation is 1. The van der Waals surface area contributed by atoms with E-state index in [0.717, 1.165) is 5.56 Å². The van der Waals surface area contributed by atoms with E-state index < -0.39 is 17.8 Å². The van der Waals surface area contributed by atoms with Crippen LogP contribution in [0.25, 0.3) is 0 Å². The van der Waals surface area contributed by atoms with Gasteiger partial charge in [-0.1, -0.05) is 17.7 Å². The minimum atomic E-state index is -0.896. The molecule has 7 heteroatoms. The number of halogens is 1. The molecule has 1 aliphatic heterocycles. The van der Waals surface area contributed by atoms with E-state index in [0.29, 0.717) is 24.3 Å². The van der Waals surface area contributed by atoms with E-state index in [9.17, 15) is 18.8 Å². The van der Waals surface area contributed by atoms with E-state index in [2.05, 4.69) is 10.6 Å². The van der Waals surface area contributed by atoms with Crippen LogP contribution >= 0.6 is 0 Å². The van der Waals surface area contributed by atoms with Gasteiger partial charge in [0.05, 0.1) is 6.42 Å². The van der Waals surface area contributed by atoms with Crippen LogP contribution in [0.5, 0.6) is 0 Å². The number of nitrogens with zero attached hydrogens (tertiary/aromatic N) is 1. The molecule has 2 aromatic rings. The fraction of sp³-hybridized carbons (Fsp3) is 0.250. The zero-order chi connectivity index (χ0) is 19.4. The molecule has 0 aromatic heterocycles. The summed E-state index contributed by atoms with van der Waals surface area (Å²) in [7, 11) is 0. The number of anilines is 1. The first kappa shape index (κ1) is 18.6. The Balaban J connectivity index is 1.74. The summed E-state index contributed by atoms with van der Waals surface area (Å²) in [6, 6.07) is 11.5. The van der Waals surface area contributed by atoms with Crippen LogP contribution in [0.1, 0.15) is 22.3 Å². The van der Waals surface area contributed by atoms with Gasteiger partial charge in [-0.25, -0.2) is 4.39 Å². The van der Waals surface area contributed by atoms with Crippen molar-refractivity contribution in [2.24, 2.45) is 0 Å². The molecule has 0 radical (unpaired) electrons. The lowest BCUT2D eigenvalue weighted by atomic mass is 10.0. The fourth-order valence-corrected chi connectivity index (χ4v) is 3.03. The van der Waals surface area contributed by atoms with Crippen LogP contribution in [0.15, 0.2) is 48.5 Å². The van der Waals surface area contributed by atoms with Crippen LogP contribution in [0.4, 0.5) is 10.1 Å². The number of amides is 3. The summed E-state index contributed by atoms with van der Waals surface area (Å²) in [4.78, 5) is 38.9. The van der Waals surface area contributed by atoms with Crippen molar-refractivity contribution in [2.75, 3.05) is 18.4 Å². The van der Waals surface area contributed by atoms with Gasteiger partial charge in [0.25, 0.3) is 5.91 Å². The van der Waals surface area contributed by atoms with Crippen LogP contribution in [0.3, 0.4) is 0 Å². The summed E-state index contributed by atoms with van der Waals surface area (Å²) < 4.78 is 13.0. The molecule has 140 valence electrons. The van der Waals surface area contributed by atoms with Gasteiger partial charge in [0, 0.05) is 24.3 Å². The molecular formula is C20H20FN3O3. The number of hydrogen-bond donors (Lipinski definition) is 2. The lowest BCUT2D eigenvalue weighted by molar-refractivity contribution is -0.131. The second kappa shape index (κ2) is 7.99. The lowest BCUT2D eigenvalue weighted by Crippen LogP contribution is -2.58. The van der Waals surface area contributed by atoms with E-state index in [1.165, 1.54) is 29.2 Å². The van der Waals surface area contributed by atoms with E-state index in [4.69, 9.17) is 0 Å². The highest BCUT2D eigenvalue weighted by atomic mass is 19.1. The Morgan fingerprint density at radius 3 is 2.67 bits per heavy atom. The normalized spacial score (nSPS) is 16.6. The Hall–Kier alpha value is -3.22. The van der Waals surface area contributed by atoms with Crippen LogP contribution in [-0.2, 0) is 9.59 Å². The molecule has 1 saturated heterocycles. The first-order valence-electron chi connectivity index (χ1n) is 8.65. The summed E-state index contributed by atoms with van der Waals surface area (Å²) in [5.41, 5.74) is 1.84. The first-order valence-corrected chi connectivity index (χ1v) is 8.65. The Kier molecular flexibility index (Phi) is 5.49. The maximum Gasteiger partial charge on any atom is 0.254 e. The average molecular weight is 369 g/mol. The molecule has 6 nitrogen and oxygen atoms in total. The highest BCUT2D eigenvalue weighted by Crippen LogP contribution is 2.16. The van der Waals surface area contributed by atoms with Crippen LogP contribution in [0.2, 0.25) is 0 Å². The van der Waals surface area contributed by atoms with E-state index in [1.54, 1.807) is 18.2 Å². The van der Waals surface area contributed by atoms with Gasteiger partial charge in [0.15, 0.2) is 0 Å². The van der Waals surface area contributed by atoms with Crippen molar-refractivity contribution in [1.82, 2.24) is 10.2 Å². The SMILES string of the molecule is Cc1cccc(C(=O)N2CCNC(=O)[C@H]2CC(=O)Nc2ccc(F)cc2)c1. The van der Waals surface area contributed by atoms with Gasteiger partial charge in [-0.2, -0.15) is 0 Å². The predicted molar refractivity (Wildman–Crippen MR) is 98.7 cm³/mol. The molecule has 1 aliphatic rings. The summed E-state index contributed by atoms with van der Waals surface area (Å²) in [5.74, 6) is -1.48. The van der Waals surface area contributed by atoms with Gasteiger partial charge in [0.2, 0.25) is 11.8 Å². The molecule has 0 aliphatic carbocycles. The molecule has 0 bridgehead atoms. The smallest absolute Gasteiger partial charge is 0.254 e. The Labute approximate surface area is 156 Å². The van der Waals surface area contributed by atoms with Crippen LogP contribution in [-0.4, -0.2) is 41.8 Å². The molecule has 0 unspecified atom stereocenters. The topological polar surface area (TPSA) is 78.5 Å². The third kappa shape index (κ3) is 4.49. The largest absolute Gasteiger partial charge is 0.353 e. The minimum Gasteiger partial charge on any atom is -0.353 e. The predicted octanol–water partition coefficient (Wildman–Crippen LogP) is 2.10. The second-order valence-corrected chi connectivity index (χ2v) is 6.43. The van der Waals surface area contributed by atoms with E-state index in [-0.39, 0.29) is 18.2 Å². The molecule has 3 amide bonds. The van der Waals surface area contributed by atoms with Gasteiger partial charge in [-0.05, 0) is 43.3 Å². The zero-order valence-corrected chi connectivity index (χ0v) is 14.9. The maximum absolute atomic E-state index is 13.0. The van der Waals surface area contributed by atoms with Crippen LogP contribution < -0.4 is 10.6 Å². The third-order valence-electron chi connectivity index (χ3n) is 4.36. The van der Waals surface area contributed by atoms with Crippen molar-refractivity contribution in [1.29, 1.82) is 0 Å². The summed E-state index contributed by atoms with van der Waals surface area (Å²) in [6.07, 6.45) is -0.180. The second-order valence-electron chi connectivity index (χ2n) is 6.43. The van der Waals surface area contributed by atoms with E-state index in [1.807, 2.05) is 13.0 Å². The van der Waals surface area contributed by atoms with Gasteiger partial charge >= 0.3 is 0 Å². The maximum atomic E-state index is 13.0. The van der Waals surface area contributed by atoms with Gasteiger partial charge in [-0.3, -0.25) is 14.4 Å². The number of piperazine rings is 1. The van der Waals surface area contributed by atoms with Crippen molar-refractivity contribution >= 4 is 23.4 Å². The number of hydrogen-bond acceptors (Lipinski definition) is 3. The molecular weight excluding hydrogens is 349 g/mol. The van der Waals surface area contributed by atoms with Crippen molar-refractivity contribution in [3.63, 3.8) is 0 Å². The summed E-state index contributed by atoms with van der Waals surface area (Å²) >= 11 is 0. The van der Waals surface area contributed by atoms with Crippen molar-refractivity contribution in [2.45, 2.75) is 19.4 Å². The highest BCUT2D eigenvalue weighted by molar-refractivity contribution is 6.01. The first-order chi connectivity index (χ1) is 12.9. The lowest BCUT2D eigenvalue weighted by Gasteiger charge is -2.34. The van der Waals surface area contributed by atoms with Crippen molar-refractivity contribution in [3.8, 4) is 0 Å². The van der Waals surface area contributed by atoms with Gasteiger partial charge in [0.1, 0.15) is 11.9 Å². The zero-order valence-electron chi connectivity index (χ0n) is 14.9. The minimum absolute atomic E-state index is 0.180. The Morgan fingerprint density at radius 1 is 1.22 bits per heavy atom. The fourth-order valence-electron chi connectivity index (χ4n) is 3.03. The molecule has 3 rings (SSSR count). The van der Waals surface area contributed by atoms with Gasteiger partial charge < -0.3 is 15.5 Å². The van der Waals surface area contributed by atoms with Gasteiger partial charge in [-0.15, -0.1) is 0 Å². The molecule has 1 atom stereocenters. The van der Waals surface area contributed by atoms with Crippen LogP contribution in [0, 0.1) is 12.7 Å². The number of nitrogens with one attached hydrogen (secondary N) is 2. The number of rotatable bonds is 4. The summed E-state index contributed by atoms with van der Waals surface area (Å²) in [6.45, 7) is 2.55. The molecule has 0 spiro atoms. The molecule has 0 saturated carbocycles. The monoisotopic (exact) mass is 369 g/mol. The number of carbonyl (C=O) groups is 3. The molecule has 27 heavy (non-hydrogen) atoms. The number of benzene rings is 2. The summed E-state index contributed by atoms with van der Waals surface area (Å²) in [5, 5.41) is 5.32. The average Bonchev–Trinajstić information content (AvgIpc) is 2.65. The third-order valence-corrected chi connectivity index (χ3v) is 4.36. The van der Waals surface area contributed by atoms with E-state index >= 15 is 0 Å². The molecule has 1 fully saturated rings. The molecule has 2 aromatic carbocycles.